The number of aliphatic carboxylic acids is 1. The number of thiophene rings is 1. The van der Waals surface area contributed by atoms with E-state index in [1.54, 1.807) is 6.92 Å². The molecule has 0 bridgehead atoms. The maximum atomic E-state index is 14.7. The molecule has 3 atom stereocenters. The lowest BCUT2D eigenvalue weighted by molar-refractivity contribution is -0.140. The number of aryl methyl sites for hydroxylation is 1. The molecular formula is C30H39FN6O7S. The number of halogens is 1. The summed E-state index contributed by atoms with van der Waals surface area (Å²) >= 11 is 1.10. The first-order valence-corrected chi connectivity index (χ1v) is 15.3. The molecule has 4 rings (SSSR count). The molecule has 1 aromatic carbocycles. The van der Waals surface area contributed by atoms with E-state index in [2.05, 4.69) is 15.5 Å². The highest BCUT2D eigenvalue weighted by atomic mass is 32.1. The van der Waals surface area contributed by atoms with Crippen LogP contribution in [0.1, 0.15) is 57.4 Å². The van der Waals surface area contributed by atoms with Crippen LogP contribution in [-0.2, 0) is 20.8 Å². The molecule has 0 fully saturated rings. The lowest BCUT2D eigenvalue weighted by Gasteiger charge is -2.30. The highest BCUT2D eigenvalue weighted by Gasteiger charge is 2.30. The van der Waals surface area contributed by atoms with Crippen LogP contribution in [0, 0.1) is 12.7 Å². The first-order chi connectivity index (χ1) is 21.3. The number of hydrogen-bond donors (Lipinski definition) is 2. The minimum atomic E-state index is -1.47. The topological polar surface area (TPSA) is 152 Å². The number of ether oxygens (including phenoxy) is 3. The van der Waals surface area contributed by atoms with Crippen molar-refractivity contribution >= 4 is 27.5 Å². The highest BCUT2D eigenvalue weighted by Crippen LogP contribution is 2.34. The fourth-order valence-corrected chi connectivity index (χ4v) is 6.06. The van der Waals surface area contributed by atoms with Gasteiger partial charge >= 0.3 is 11.7 Å². The number of methoxy groups -OCH3 is 1. The molecule has 1 unspecified atom stereocenters. The largest absolute Gasteiger partial charge is 0.496 e. The van der Waals surface area contributed by atoms with Gasteiger partial charge in [0.15, 0.2) is 0 Å². The van der Waals surface area contributed by atoms with Crippen molar-refractivity contribution in [3.05, 3.63) is 68.4 Å². The average Bonchev–Trinajstić information content (AvgIpc) is 3.64. The van der Waals surface area contributed by atoms with Gasteiger partial charge in [0, 0.05) is 23.8 Å². The maximum Gasteiger partial charge on any atom is 0.333 e. The Morgan fingerprint density at radius 1 is 1.20 bits per heavy atom. The summed E-state index contributed by atoms with van der Waals surface area (Å²) in [6.45, 7) is 9.02. The summed E-state index contributed by atoms with van der Waals surface area (Å²) in [5.41, 5.74) is -1.57. The van der Waals surface area contributed by atoms with Gasteiger partial charge in [-0.25, -0.2) is 18.5 Å². The van der Waals surface area contributed by atoms with Crippen LogP contribution in [0.2, 0.25) is 0 Å². The van der Waals surface area contributed by atoms with Crippen molar-refractivity contribution in [1.29, 1.82) is 0 Å². The van der Waals surface area contributed by atoms with Crippen LogP contribution in [0.4, 0.5) is 4.39 Å². The zero-order valence-electron chi connectivity index (χ0n) is 26.4. The number of rotatable bonds is 15. The molecule has 0 aliphatic carbocycles. The van der Waals surface area contributed by atoms with E-state index in [4.69, 9.17) is 14.2 Å². The van der Waals surface area contributed by atoms with Crippen LogP contribution in [0.3, 0.4) is 0 Å². The van der Waals surface area contributed by atoms with Gasteiger partial charge in [-0.3, -0.25) is 9.36 Å². The molecule has 13 nitrogen and oxygen atoms in total. The second kappa shape index (κ2) is 14.0. The van der Waals surface area contributed by atoms with Gasteiger partial charge < -0.3 is 24.6 Å². The van der Waals surface area contributed by atoms with Gasteiger partial charge in [-0.1, -0.05) is 11.3 Å². The minimum Gasteiger partial charge on any atom is -0.496 e. The SMILES string of the molecule is CNC(C)CCOC(C)(C)CO[C@@H](Cn1c(=O)n([C@@H](C)C(=O)O)c(=O)c2c(C)c(-n3nccn3)sc21)c1cc(F)ccc1OC. The lowest BCUT2D eigenvalue weighted by atomic mass is 10.1. The first kappa shape index (κ1) is 34.0. The Kier molecular flexibility index (Phi) is 10.6. The third-order valence-electron chi connectivity index (χ3n) is 7.62. The van der Waals surface area contributed by atoms with Gasteiger partial charge in [0.2, 0.25) is 0 Å². The fourth-order valence-electron chi connectivity index (χ4n) is 4.84. The Balaban J connectivity index is 1.87. The van der Waals surface area contributed by atoms with Gasteiger partial charge in [0.25, 0.3) is 5.56 Å². The molecule has 0 radical (unpaired) electrons. The van der Waals surface area contributed by atoms with Crippen molar-refractivity contribution in [3.63, 3.8) is 0 Å². The number of carboxylic acid groups (broad SMARTS) is 1. The third kappa shape index (κ3) is 7.32. The molecule has 0 saturated carbocycles. The number of hydrogen-bond acceptors (Lipinski definition) is 10. The van der Waals surface area contributed by atoms with E-state index in [0.29, 0.717) is 33.1 Å². The van der Waals surface area contributed by atoms with Crippen LogP contribution >= 0.6 is 11.3 Å². The molecule has 2 N–H and O–H groups in total. The number of nitrogens with zero attached hydrogens (tertiary/aromatic N) is 5. The number of carbonyl (C=O) groups is 1. The minimum absolute atomic E-state index is 0.0558. The number of nitrogens with one attached hydrogen (secondary N) is 1. The Morgan fingerprint density at radius 2 is 1.89 bits per heavy atom. The average molecular weight is 647 g/mol. The fraction of sp³-hybridized carbons (Fsp3) is 0.500. The zero-order chi connectivity index (χ0) is 33.1. The summed E-state index contributed by atoms with van der Waals surface area (Å²) in [5.74, 6) is -1.58. The van der Waals surface area contributed by atoms with Crippen LogP contribution in [0.5, 0.6) is 5.75 Å². The number of aromatic nitrogens is 5. The molecule has 0 spiro atoms. The van der Waals surface area contributed by atoms with Gasteiger partial charge in [-0.15, -0.1) is 4.80 Å². The van der Waals surface area contributed by atoms with E-state index in [-0.39, 0.29) is 29.4 Å². The van der Waals surface area contributed by atoms with E-state index in [0.717, 1.165) is 17.8 Å². The molecule has 0 aliphatic heterocycles. The summed E-state index contributed by atoms with van der Waals surface area (Å²) in [6, 6.07) is 2.76. The summed E-state index contributed by atoms with van der Waals surface area (Å²) in [4.78, 5) is 41.3. The van der Waals surface area contributed by atoms with Crippen LogP contribution < -0.4 is 21.3 Å². The predicted molar refractivity (Wildman–Crippen MR) is 167 cm³/mol. The quantitative estimate of drug-likeness (QED) is 0.197. The van der Waals surface area contributed by atoms with Crippen molar-refractivity contribution in [1.82, 2.24) is 29.4 Å². The Bertz CT molecular complexity index is 1760. The maximum absolute atomic E-state index is 14.7. The highest BCUT2D eigenvalue weighted by molar-refractivity contribution is 7.21. The van der Waals surface area contributed by atoms with E-state index in [1.807, 2.05) is 27.8 Å². The Hall–Kier alpha value is -3.92. The van der Waals surface area contributed by atoms with Gasteiger partial charge in [0.1, 0.15) is 33.5 Å². The van der Waals surface area contributed by atoms with Crippen LogP contribution in [-0.4, -0.2) is 74.2 Å². The van der Waals surface area contributed by atoms with Gasteiger partial charge in [-0.2, -0.15) is 10.2 Å². The lowest BCUT2D eigenvalue weighted by Crippen LogP contribution is -2.44. The third-order valence-corrected chi connectivity index (χ3v) is 8.90. The van der Waals surface area contributed by atoms with Crippen LogP contribution in [0.25, 0.3) is 15.2 Å². The predicted octanol–water partition coefficient (Wildman–Crippen LogP) is 3.46. The standard InChI is InChI=1S/C30H39FN6O7S/c1-17(32-6)10-13-44-30(4,5)16-43-23(21-14-20(31)8-9-22(21)42-7)15-35-27-24(18(2)26(45-27)37-33-11-12-34-37)25(38)36(29(35)41)19(3)28(39)40/h8-9,11-12,14,17,19,23,32H,10,13,15-16H2,1-7H3,(H,39,40)/t17?,19-,23-/m0/s1. The van der Waals surface area contributed by atoms with Crippen LogP contribution in [0.15, 0.2) is 40.2 Å². The molecule has 3 aromatic heterocycles. The van der Waals surface area contributed by atoms with Gasteiger partial charge in [0.05, 0.1) is 43.6 Å². The Morgan fingerprint density at radius 3 is 2.51 bits per heavy atom. The van der Waals surface area contributed by atoms with Crippen molar-refractivity contribution < 1.29 is 28.5 Å². The van der Waals surface area contributed by atoms with E-state index in [1.165, 1.54) is 54.0 Å². The van der Waals surface area contributed by atoms with E-state index < -0.39 is 40.8 Å². The molecule has 244 valence electrons. The molecular weight excluding hydrogens is 607 g/mol. The molecule has 0 saturated heterocycles. The smallest absolute Gasteiger partial charge is 0.333 e. The summed E-state index contributed by atoms with van der Waals surface area (Å²) < 4.78 is 34.7. The molecule has 45 heavy (non-hydrogen) atoms. The summed E-state index contributed by atoms with van der Waals surface area (Å²) in [5, 5.41) is 21.9. The second-order valence-electron chi connectivity index (χ2n) is 11.4. The second-order valence-corrected chi connectivity index (χ2v) is 12.4. The van der Waals surface area contributed by atoms with Crippen molar-refractivity contribution in [2.24, 2.45) is 0 Å². The normalized spacial score (nSPS) is 14.0. The zero-order valence-corrected chi connectivity index (χ0v) is 27.2. The number of carboxylic acids is 1. The summed E-state index contributed by atoms with van der Waals surface area (Å²) in [7, 11) is 3.31. The van der Waals surface area contributed by atoms with E-state index >= 15 is 0 Å². The molecule has 15 heteroatoms. The van der Waals surface area contributed by atoms with E-state index in [9.17, 15) is 23.9 Å². The van der Waals surface area contributed by atoms with Gasteiger partial charge in [-0.05, 0) is 66.3 Å². The number of benzene rings is 1. The Labute approximate surface area is 263 Å². The molecule has 0 amide bonds. The molecule has 3 heterocycles. The monoisotopic (exact) mass is 646 g/mol. The summed E-state index contributed by atoms with van der Waals surface area (Å²) in [6.07, 6.45) is 2.74. The van der Waals surface area contributed by atoms with Crippen molar-refractivity contribution in [2.75, 3.05) is 27.4 Å². The molecule has 0 aliphatic rings. The van der Waals surface area contributed by atoms with Crippen molar-refractivity contribution in [3.8, 4) is 10.8 Å². The molecule has 4 aromatic rings. The van der Waals surface area contributed by atoms with Crippen molar-refractivity contribution in [2.45, 2.75) is 71.4 Å². The number of fused-ring (bicyclic) bond motifs is 1. The first-order valence-electron chi connectivity index (χ1n) is 14.4.